The third-order valence-corrected chi connectivity index (χ3v) is 4.53. The Balaban J connectivity index is 1.85. The number of ketones is 1. The highest BCUT2D eigenvalue weighted by atomic mass is 19.3. The van der Waals surface area contributed by atoms with E-state index in [9.17, 15) is 13.6 Å². The molecular formula is C20H20F2O. The maximum absolute atomic E-state index is 14.2. The minimum absolute atomic E-state index is 0.0240. The van der Waals surface area contributed by atoms with Crippen LogP contribution in [0.3, 0.4) is 0 Å². The van der Waals surface area contributed by atoms with Crippen LogP contribution in [0.4, 0.5) is 8.78 Å². The van der Waals surface area contributed by atoms with Crippen molar-refractivity contribution in [1.29, 1.82) is 0 Å². The van der Waals surface area contributed by atoms with Crippen molar-refractivity contribution in [2.24, 2.45) is 5.92 Å². The Kier molecular flexibility index (Phi) is 3.62. The highest BCUT2D eigenvalue weighted by Crippen LogP contribution is 2.62. The van der Waals surface area contributed by atoms with E-state index in [4.69, 9.17) is 0 Å². The lowest BCUT2D eigenvalue weighted by molar-refractivity contribution is 0.0742. The molecule has 0 aromatic heterocycles. The van der Waals surface area contributed by atoms with Gasteiger partial charge in [0.2, 0.25) is 0 Å². The smallest absolute Gasteiger partial charge is 0.266 e. The second-order valence-corrected chi connectivity index (χ2v) is 7.23. The van der Waals surface area contributed by atoms with E-state index in [1.54, 1.807) is 42.5 Å². The van der Waals surface area contributed by atoms with Crippen LogP contribution in [0.25, 0.3) is 0 Å². The summed E-state index contributed by atoms with van der Waals surface area (Å²) in [6, 6.07) is 15.6. The predicted octanol–water partition coefficient (Wildman–Crippen LogP) is 5.22. The summed E-state index contributed by atoms with van der Waals surface area (Å²) in [5.74, 6) is -5.69. The third kappa shape index (κ3) is 2.80. The first-order chi connectivity index (χ1) is 10.7. The molecule has 0 bridgehead atoms. The number of halogens is 2. The number of alkyl halides is 2. The molecule has 0 unspecified atom stereocenters. The molecule has 1 fully saturated rings. The summed E-state index contributed by atoms with van der Waals surface area (Å²) in [4.78, 5) is 12.4. The fourth-order valence-corrected chi connectivity index (χ4v) is 3.04. The van der Waals surface area contributed by atoms with E-state index in [0.29, 0.717) is 11.1 Å². The van der Waals surface area contributed by atoms with Crippen LogP contribution in [0.15, 0.2) is 54.6 Å². The fraction of sp³-hybridized carbons (Fsp3) is 0.350. The van der Waals surface area contributed by atoms with Crippen molar-refractivity contribution in [3.63, 3.8) is 0 Å². The van der Waals surface area contributed by atoms with Gasteiger partial charge in [0.15, 0.2) is 5.78 Å². The summed E-state index contributed by atoms with van der Waals surface area (Å²) < 4.78 is 28.4. The van der Waals surface area contributed by atoms with Crippen molar-refractivity contribution in [2.45, 2.75) is 38.0 Å². The van der Waals surface area contributed by atoms with E-state index in [2.05, 4.69) is 20.8 Å². The van der Waals surface area contributed by atoms with Gasteiger partial charge < -0.3 is 0 Å². The molecule has 0 amide bonds. The summed E-state index contributed by atoms with van der Waals surface area (Å²) >= 11 is 0. The van der Waals surface area contributed by atoms with Gasteiger partial charge in [0.05, 0.1) is 11.8 Å². The second kappa shape index (κ2) is 5.26. The van der Waals surface area contributed by atoms with Gasteiger partial charge in [-0.15, -0.1) is 0 Å². The zero-order valence-electron chi connectivity index (χ0n) is 13.5. The third-order valence-electron chi connectivity index (χ3n) is 4.53. The molecule has 2 atom stereocenters. The van der Waals surface area contributed by atoms with E-state index in [1.165, 1.54) is 0 Å². The lowest BCUT2D eigenvalue weighted by atomic mass is 9.86. The SMILES string of the molecule is CC(C)(C)c1ccc([C@@H]2[C@@H](C(=O)c3ccccc3)C2(F)F)cc1. The predicted molar refractivity (Wildman–Crippen MR) is 87.1 cm³/mol. The van der Waals surface area contributed by atoms with Gasteiger partial charge in [0, 0.05) is 5.56 Å². The van der Waals surface area contributed by atoms with Crippen molar-refractivity contribution in [2.75, 3.05) is 0 Å². The van der Waals surface area contributed by atoms with Crippen LogP contribution < -0.4 is 0 Å². The zero-order chi connectivity index (χ0) is 16.8. The molecule has 2 aromatic rings. The first-order valence-electron chi connectivity index (χ1n) is 7.80. The monoisotopic (exact) mass is 314 g/mol. The first kappa shape index (κ1) is 15.9. The molecule has 3 heteroatoms. The Hall–Kier alpha value is -2.03. The molecule has 1 aliphatic carbocycles. The van der Waals surface area contributed by atoms with Gasteiger partial charge in [0.1, 0.15) is 0 Å². The molecule has 0 spiro atoms. The zero-order valence-corrected chi connectivity index (χ0v) is 13.5. The van der Waals surface area contributed by atoms with Crippen molar-refractivity contribution in [3.8, 4) is 0 Å². The fourth-order valence-electron chi connectivity index (χ4n) is 3.04. The maximum atomic E-state index is 14.2. The second-order valence-electron chi connectivity index (χ2n) is 7.23. The highest BCUT2D eigenvalue weighted by Gasteiger charge is 2.71. The maximum Gasteiger partial charge on any atom is 0.266 e. The quantitative estimate of drug-likeness (QED) is 0.710. The highest BCUT2D eigenvalue weighted by molar-refractivity contribution is 6.01. The Bertz CT molecular complexity index is 712. The van der Waals surface area contributed by atoms with Gasteiger partial charge in [0.25, 0.3) is 5.92 Å². The van der Waals surface area contributed by atoms with Crippen LogP contribution in [0.5, 0.6) is 0 Å². The molecule has 0 aliphatic heterocycles. The molecule has 1 nitrogen and oxygen atoms in total. The normalized spacial score (nSPS) is 22.7. The summed E-state index contributed by atoms with van der Waals surface area (Å²) in [6.07, 6.45) is 0. The lowest BCUT2D eigenvalue weighted by Crippen LogP contribution is -2.10. The van der Waals surface area contributed by atoms with Crippen molar-refractivity contribution >= 4 is 5.78 Å². The van der Waals surface area contributed by atoms with Gasteiger partial charge >= 0.3 is 0 Å². The number of Topliss-reactive ketones (excluding diaryl/α,β-unsaturated/α-hetero) is 1. The molecule has 3 rings (SSSR count). The first-order valence-corrected chi connectivity index (χ1v) is 7.80. The van der Waals surface area contributed by atoms with Gasteiger partial charge in [-0.3, -0.25) is 4.79 Å². The van der Waals surface area contributed by atoms with Crippen molar-refractivity contribution in [1.82, 2.24) is 0 Å². The molecular weight excluding hydrogens is 294 g/mol. The molecule has 0 radical (unpaired) electrons. The van der Waals surface area contributed by atoms with Crippen LogP contribution in [0.1, 0.15) is 48.2 Å². The molecule has 120 valence electrons. The van der Waals surface area contributed by atoms with E-state index < -0.39 is 23.5 Å². The van der Waals surface area contributed by atoms with Crippen LogP contribution >= 0.6 is 0 Å². The standard InChI is InChI=1S/C20H20F2O/c1-19(2,3)15-11-9-13(10-12-15)16-17(20(16,21)22)18(23)14-7-5-4-6-8-14/h4-12,16-17H,1-3H3/t16-,17+/m1/s1. The lowest BCUT2D eigenvalue weighted by Gasteiger charge is -2.19. The van der Waals surface area contributed by atoms with Crippen LogP contribution in [0, 0.1) is 5.92 Å². The van der Waals surface area contributed by atoms with Crippen LogP contribution in [0.2, 0.25) is 0 Å². The Morgan fingerprint density at radius 1 is 0.957 bits per heavy atom. The number of hydrogen-bond acceptors (Lipinski definition) is 1. The van der Waals surface area contributed by atoms with E-state index in [-0.39, 0.29) is 5.41 Å². The number of rotatable bonds is 3. The molecule has 0 N–H and O–H groups in total. The molecule has 23 heavy (non-hydrogen) atoms. The number of carbonyl (C=O) groups is 1. The molecule has 1 aliphatic rings. The van der Waals surface area contributed by atoms with Crippen LogP contribution in [-0.4, -0.2) is 11.7 Å². The van der Waals surface area contributed by atoms with Gasteiger partial charge in [-0.1, -0.05) is 75.4 Å². The van der Waals surface area contributed by atoms with Gasteiger partial charge in [-0.05, 0) is 16.5 Å². The average molecular weight is 314 g/mol. The number of carbonyl (C=O) groups excluding carboxylic acids is 1. The molecule has 0 heterocycles. The van der Waals surface area contributed by atoms with E-state index in [0.717, 1.165) is 5.56 Å². The molecule has 0 saturated heterocycles. The number of hydrogen-bond donors (Lipinski definition) is 0. The minimum atomic E-state index is -2.96. The topological polar surface area (TPSA) is 17.1 Å². The van der Waals surface area contributed by atoms with E-state index in [1.807, 2.05) is 12.1 Å². The van der Waals surface area contributed by atoms with Crippen molar-refractivity contribution in [3.05, 3.63) is 71.3 Å². The molecule has 2 aromatic carbocycles. The summed E-state index contributed by atoms with van der Waals surface area (Å²) in [7, 11) is 0. The van der Waals surface area contributed by atoms with Crippen molar-refractivity contribution < 1.29 is 13.6 Å². The Labute approximate surface area is 135 Å². The number of benzene rings is 2. The van der Waals surface area contributed by atoms with Gasteiger partial charge in [-0.25, -0.2) is 8.78 Å². The van der Waals surface area contributed by atoms with Crippen LogP contribution in [-0.2, 0) is 5.41 Å². The summed E-state index contributed by atoms with van der Waals surface area (Å²) in [5, 5.41) is 0. The summed E-state index contributed by atoms with van der Waals surface area (Å²) in [6.45, 7) is 6.24. The largest absolute Gasteiger partial charge is 0.294 e. The Morgan fingerprint density at radius 2 is 1.52 bits per heavy atom. The van der Waals surface area contributed by atoms with E-state index >= 15 is 0 Å². The minimum Gasteiger partial charge on any atom is -0.294 e. The van der Waals surface area contributed by atoms with Gasteiger partial charge in [-0.2, -0.15) is 0 Å². The average Bonchev–Trinajstić information content (AvgIpc) is 3.09. The molecule has 1 saturated carbocycles. The Morgan fingerprint density at radius 3 is 2.04 bits per heavy atom. The summed E-state index contributed by atoms with van der Waals surface area (Å²) in [5.41, 5.74) is 1.96.